The molecule has 230 valence electrons. The number of hydrogen-bond acceptors (Lipinski definition) is 4. The van der Waals surface area contributed by atoms with E-state index in [0.29, 0.717) is 5.89 Å². The van der Waals surface area contributed by atoms with Crippen LogP contribution in [0, 0.1) is 0 Å². The monoisotopic (exact) mass is 628 g/mol. The van der Waals surface area contributed by atoms with Gasteiger partial charge in [0.25, 0.3) is 0 Å². The molecular formula is C45H28N2O2. The van der Waals surface area contributed by atoms with Crippen LogP contribution in [0.1, 0.15) is 0 Å². The molecule has 0 aliphatic rings. The number of benzene rings is 8. The molecule has 10 rings (SSSR count). The quantitative estimate of drug-likeness (QED) is 0.178. The van der Waals surface area contributed by atoms with Gasteiger partial charge in [0.1, 0.15) is 16.7 Å². The molecule has 4 heteroatoms. The van der Waals surface area contributed by atoms with E-state index in [1.165, 1.54) is 0 Å². The zero-order valence-corrected chi connectivity index (χ0v) is 26.4. The Bertz CT molecular complexity index is 2780. The predicted molar refractivity (Wildman–Crippen MR) is 202 cm³/mol. The van der Waals surface area contributed by atoms with Crippen molar-refractivity contribution in [1.82, 2.24) is 4.98 Å². The minimum atomic E-state index is 0.613. The summed E-state index contributed by atoms with van der Waals surface area (Å²) in [4.78, 5) is 7.24. The van der Waals surface area contributed by atoms with E-state index in [-0.39, 0.29) is 0 Å². The van der Waals surface area contributed by atoms with Crippen molar-refractivity contribution in [2.75, 3.05) is 4.90 Å². The predicted octanol–water partition coefficient (Wildman–Crippen LogP) is 12.8. The Hall–Kier alpha value is -6.65. The molecule has 4 nitrogen and oxygen atoms in total. The lowest BCUT2D eigenvalue weighted by molar-refractivity contribution is 0.623. The average Bonchev–Trinajstić information content (AvgIpc) is 3.77. The molecule has 0 saturated carbocycles. The van der Waals surface area contributed by atoms with Gasteiger partial charge in [-0.1, -0.05) is 91.0 Å². The number of oxazole rings is 1. The zero-order chi connectivity index (χ0) is 32.3. The molecule has 0 amide bonds. The van der Waals surface area contributed by atoms with E-state index in [4.69, 9.17) is 13.8 Å². The maximum Gasteiger partial charge on any atom is 0.227 e. The van der Waals surface area contributed by atoms with Gasteiger partial charge in [0.05, 0.1) is 0 Å². The molecule has 2 heterocycles. The van der Waals surface area contributed by atoms with Gasteiger partial charge < -0.3 is 13.7 Å². The number of nitrogens with zero attached hydrogens (tertiary/aromatic N) is 2. The van der Waals surface area contributed by atoms with Crippen molar-refractivity contribution in [2.24, 2.45) is 0 Å². The molecule has 0 bridgehead atoms. The number of furan rings is 1. The van der Waals surface area contributed by atoms with Crippen molar-refractivity contribution in [3.05, 3.63) is 170 Å². The highest BCUT2D eigenvalue weighted by Crippen LogP contribution is 2.44. The normalized spacial score (nSPS) is 11.7. The van der Waals surface area contributed by atoms with Crippen LogP contribution in [0.4, 0.5) is 17.1 Å². The van der Waals surface area contributed by atoms with Crippen molar-refractivity contribution < 1.29 is 8.83 Å². The van der Waals surface area contributed by atoms with Crippen molar-refractivity contribution in [3.63, 3.8) is 0 Å². The standard InChI is InChI=1S/C45H28N2O2/c1-4-12-29(13-5-1)45-46-40-25-21-31-26-38(30-20-23-37-36-18-10-11-19-41(36)48-42(37)27-30)35-24-22-34(28-39(35)43(31)44(40)49-45)47(32-14-6-2-7-15-32)33-16-8-3-9-17-33/h1-28H. The van der Waals surface area contributed by atoms with Crippen molar-refractivity contribution in [3.8, 4) is 22.6 Å². The lowest BCUT2D eigenvalue weighted by atomic mass is 9.92. The van der Waals surface area contributed by atoms with Crippen LogP contribution in [0.2, 0.25) is 0 Å². The SMILES string of the molecule is c1ccc(-c2nc3ccc4cc(-c5ccc6c(c5)oc5ccccc56)c5ccc(N(c6ccccc6)c6ccccc6)cc5c4c3o2)cc1. The number of hydrogen-bond donors (Lipinski definition) is 0. The molecular weight excluding hydrogens is 601 g/mol. The Labute approximate surface area is 282 Å². The van der Waals surface area contributed by atoms with Gasteiger partial charge in [-0.2, -0.15) is 0 Å². The van der Waals surface area contributed by atoms with Gasteiger partial charge in [-0.05, 0) is 106 Å². The van der Waals surface area contributed by atoms with Crippen LogP contribution in [0.15, 0.2) is 179 Å². The van der Waals surface area contributed by atoms with Crippen LogP contribution in [0.5, 0.6) is 0 Å². The van der Waals surface area contributed by atoms with Gasteiger partial charge >= 0.3 is 0 Å². The second kappa shape index (κ2) is 11.0. The second-order valence-electron chi connectivity index (χ2n) is 12.4. The van der Waals surface area contributed by atoms with E-state index in [9.17, 15) is 0 Å². The first-order valence-electron chi connectivity index (χ1n) is 16.5. The zero-order valence-electron chi connectivity index (χ0n) is 26.4. The van der Waals surface area contributed by atoms with Crippen LogP contribution in [-0.2, 0) is 0 Å². The molecule has 10 aromatic rings. The molecule has 0 atom stereocenters. The molecule has 0 fully saturated rings. The fourth-order valence-electron chi connectivity index (χ4n) is 7.19. The van der Waals surface area contributed by atoms with Crippen LogP contribution in [0.25, 0.3) is 77.2 Å². The molecule has 8 aromatic carbocycles. The van der Waals surface area contributed by atoms with E-state index >= 15 is 0 Å². The number of anilines is 3. The smallest absolute Gasteiger partial charge is 0.227 e. The van der Waals surface area contributed by atoms with Gasteiger partial charge in [0.2, 0.25) is 5.89 Å². The fraction of sp³-hybridized carbons (Fsp3) is 0. The molecule has 0 aliphatic carbocycles. The highest BCUT2D eigenvalue weighted by molar-refractivity contribution is 6.22. The largest absolute Gasteiger partial charge is 0.456 e. The van der Waals surface area contributed by atoms with Gasteiger partial charge in [-0.3, -0.25) is 0 Å². The molecule has 0 aliphatic heterocycles. The Morgan fingerprint density at radius 3 is 1.88 bits per heavy atom. The van der Waals surface area contributed by atoms with Gasteiger partial charge in [-0.25, -0.2) is 4.98 Å². The van der Waals surface area contributed by atoms with E-state index < -0.39 is 0 Å². The number of aromatic nitrogens is 1. The minimum Gasteiger partial charge on any atom is -0.456 e. The van der Waals surface area contributed by atoms with Crippen LogP contribution in [0.3, 0.4) is 0 Å². The Balaban J connectivity index is 1.27. The van der Waals surface area contributed by atoms with Crippen LogP contribution in [-0.4, -0.2) is 4.98 Å². The third-order valence-electron chi connectivity index (χ3n) is 9.45. The molecule has 0 spiro atoms. The van der Waals surface area contributed by atoms with E-state index in [1.807, 2.05) is 42.5 Å². The Morgan fingerprint density at radius 2 is 1.10 bits per heavy atom. The topological polar surface area (TPSA) is 42.4 Å². The van der Waals surface area contributed by atoms with Crippen molar-refractivity contribution in [2.45, 2.75) is 0 Å². The second-order valence-corrected chi connectivity index (χ2v) is 12.4. The number of para-hydroxylation sites is 3. The number of rotatable bonds is 5. The first-order valence-corrected chi connectivity index (χ1v) is 16.5. The summed E-state index contributed by atoms with van der Waals surface area (Å²) in [6.07, 6.45) is 0. The number of fused-ring (bicyclic) bond motifs is 8. The maximum atomic E-state index is 6.64. The Morgan fingerprint density at radius 1 is 0.429 bits per heavy atom. The molecule has 0 unspecified atom stereocenters. The van der Waals surface area contributed by atoms with Crippen LogP contribution >= 0.6 is 0 Å². The third-order valence-corrected chi connectivity index (χ3v) is 9.45. The van der Waals surface area contributed by atoms with Crippen LogP contribution < -0.4 is 4.90 Å². The summed E-state index contributed by atoms with van der Waals surface area (Å²) in [5, 5.41) is 6.58. The summed E-state index contributed by atoms with van der Waals surface area (Å²) < 4.78 is 13.0. The summed E-state index contributed by atoms with van der Waals surface area (Å²) in [5.41, 5.74) is 9.78. The molecule has 49 heavy (non-hydrogen) atoms. The summed E-state index contributed by atoms with van der Waals surface area (Å²) in [6, 6.07) is 59.2. The molecule has 2 aromatic heterocycles. The summed E-state index contributed by atoms with van der Waals surface area (Å²) >= 11 is 0. The lowest BCUT2D eigenvalue weighted by Gasteiger charge is -2.26. The maximum absolute atomic E-state index is 6.64. The summed E-state index contributed by atoms with van der Waals surface area (Å²) in [6.45, 7) is 0. The molecule has 0 radical (unpaired) electrons. The van der Waals surface area contributed by atoms with E-state index in [2.05, 4.69) is 132 Å². The van der Waals surface area contributed by atoms with Crippen molar-refractivity contribution in [1.29, 1.82) is 0 Å². The van der Waals surface area contributed by atoms with Gasteiger partial charge in [0, 0.05) is 38.8 Å². The Kier molecular flexibility index (Phi) is 6.15. The highest BCUT2D eigenvalue weighted by Gasteiger charge is 2.20. The summed E-state index contributed by atoms with van der Waals surface area (Å²) in [7, 11) is 0. The fourth-order valence-corrected chi connectivity index (χ4v) is 7.19. The summed E-state index contributed by atoms with van der Waals surface area (Å²) in [5.74, 6) is 0.613. The lowest BCUT2D eigenvalue weighted by Crippen LogP contribution is -2.09. The molecule has 0 saturated heterocycles. The minimum absolute atomic E-state index is 0.613. The average molecular weight is 629 g/mol. The van der Waals surface area contributed by atoms with Crippen molar-refractivity contribution >= 4 is 71.6 Å². The van der Waals surface area contributed by atoms with E-state index in [1.54, 1.807) is 0 Å². The van der Waals surface area contributed by atoms with Gasteiger partial charge in [-0.15, -0.1) is 0 Å². The first kappa shape index (κ1) is 27.5. The van der Waals surface area contributed by atoms with E-state index in [0.717, 1.165) is 88.3 Å². The third kappa shape index (κ3) is 4.49. The van der Waals surface area contributed by atoms with Gasteiger partial charge in [0.15, 0.2) is 5.58 Å². The highest BCUT2D eigenvalue weighted by atomic mass is 16.3. The molecule has 0 N–H and O–H groups in total. The first-order chi connectivity index (χ1) is 24.3.